The Morgan fingerprint density at radius 2 is 1.92 bits per heavy atom. The third-order valence-electron chi connectivity index (χ3n) is 3.47. The lowest BCUT2D eigenvalue weighted by molar-refractivity contribution is -0.132. The van der Waals surface area contributed by atoms with Gasteiger partial charge in [-0.05, 0) is 51.8 Å². The lowest BCUT2D eigenvalue weighted by Crippen LogP contribution is -1.94. The first-order chi connectivity index (χ1) is 11.5. The summed E-state index contributed by atoms with van der Waals surface area (Å²) in [5.41, 5.74) is 2.12. The molecule has 6 heteroatoms. The zero-order valence-electron chi connectivity index (χ0n) is 12.5. The number of halogens is 3. The highest BCUT2D eigenvalue weighted by molar-refractivity contribution is 9.12. The van der Waals surface area contributed by atoms with Crippen LogP contribution in [0.3, 0.4) is 0 Å². The summed E-state index contributed by atoms with van der Waals surface area (Å²) in [6, 6.07) is 12.9. The molecule has 0 spiro atoms. The van der Waals surface area contributed by atoms with Gasteiger partial charge in [-0.3, -0.25) is 0 Å². The van der Waals surface area contributed by atoms with Gasteiger partial charge in [-0.15, -0.1) is 0 Å². The number of allylic oxidation sites excluding steroid dienone is 1. The van der Waals surface area contributed by atoms with Crippen molar-refractivity contribution in [2.75, 3.05) is 7.11 Å². The predicted molar refractivity (Wildman–Crippen MR) is 102 cm³/mol. The third-order valence-corrected chi connectivity index (χ3v) is 5.03. The summed E-state index contributed by atoms with van der Waals surface area (Å²) in [6.07, 6.45) is 1.74. The van der Waals surface area contributed by atoms with Gasteiger partial charge in [0.15, 0.2) is 0 Å². The molecule has 0 aliphatic carbocycles. The summed E-state index contributed by atoms with van der Waals surface area (Å²) in [7, 11) is 1.58. The number of hydrogen-bond acceptors (Lipinski definition) is 3. The average molecular weight is 471 g/mol. The molecule has 0 amide bonds. The second-order valence-electron chi connectivity index (χ2n) is 4.95. The molecule has 0 atom stereocenters. The zero-order valence-corrected chi connectivity index (χ0v) is 16.4. The van der Waals surface area contributed by atoms with Gasteiger partial charge in [-0.25, -0.2) is 4.79 Å². The lowest BCUT2D eigenvalue weighted by Gasteiger charge is -2.11. The fraction of sp³-hybridized carbons (Fsp3) is 0.0556. The van der Waals surface area contributed by atoms with E-state index in [9.17, 15) is 4.79 Å². The van der Waals surface area contributed by atoms with E-state index in [2.05, 4.69) is 31.9 Å². The second-order valence-corrected chi connectivity index (χ2v) is 7.07. The van der Waals surface area contributed by atoms with Gasteiger partial charge in [0.1, 0.15) is 16.0 Å². The molecule has 0 unspecified atom stereocenters. The number of ether oxygens (including phenoxy) is 2. The molecular formula is C18H11Br2ClO3. The lowest BCUT2D eigenvalue weighted by atomic mass is 10.0. The Morgan fingerprint density at radius 3 is 2.62 bits per heavy atom. The summed E-state index contributed by atoms with van der Waals surface area (Å²) in [5.74, 6) is 0.593. The molecule has 2 aromatic rings. The van der Waals surface area contributed by atoms with Crippen molar-refractivity contribution < 1.29 is 14.3 Å². The first-order valence-corrected chi connectivity index (χ1v) is 8.90. The Balaban J connectivity index is 2.18. The van der Waals surface area contributed by atoms with Crippen molar-refractivity contribution in [3.05, 3.63) is 73.3 Å². The first kappa shape index (κ1) is 17.3. The summed E-state index contributed by atoms with van der Waals surface area (Å²) in [5, 5.41) is 0.574. The SMILES string of the molecule is COc1ccc(Br)cc1C1=C(Br)C(=O)O/C1=C\c1ccccc1Cl. The number of carbonyl (C=O) groups excluding carboxylic acids is 1. The normalized spacial score (nSPS) is 15.8. The molecule has 0 bridgehead atoms. The minimum atomic E-state index is -0.453. The Labute approximate surface area is 161 Å². The maximum absolute atomic E-state index is 12.1. The van der Waals surface area contributed by atoms with Gasteiger partial charge in [-0.1, -0.05) is 45.7 Å². The fourth-order valence-corrected chi connectivity index (χ4v) is 3.41. The first-order valence-electron chi connectivity index (χ1n) is 6.93. The topological polar surface area (TPSA) is 35.5 Å². The molecule has 24 heavy (non-hydrogen) atoms. The summed E-state index contributed by atoms with van der Waals surface area (Å²) in [4.78, 5) is 12.1. The van der Waals surface area contributed by atoms with Crippen LogP contribution in [0.2, 0.25) is 5.02 Å². The van der Waals surface area contributed by atoms with E-state index in [0.29, 0.717) is 26.6 Å². The number of hydrogen-bond donors (Lipinski definition) is 0. The number of methoxy groups -OCH3 is 1. The number of carbonyl (C=O) groups is 1. The molecular weight excluding hydrogens is 459 g/mol. The van der Waals surface area contributed by atoms with E-state index in [4.69, 9.17) is 21.1 Å². The summed E-state index contributed by atoms with van der Waals surface area (Å²) in [6.45, 7) is 0. The van der Waals surface area contributed by atoms with Gasteiger partial charge in [0, 0.05) is 20.6 Å². The maximum Gasteiger partial charge on any atom is 0.351 e. The highest BCUT2D eigenvalue weighted by atomic mass is 79.9. The van der Waals surface area contributed by atoms with Gasteiger partial charge in [-0.2, -0.15) is 0 Å². The molecule has 0 radical (unpaired) electrons. The number of cyclic esters (lactones) is 1. The molecule has 0 saturated carbocycles. The quantitative estimate of drug-likeness (QED) is 0.531. The van der Waals surface area contributed by atoms with Gasteiger partial charge >= 0.3 is 5.97 Å². The van der Waals surface area contributed by atoms with E-state index in [0.717, 1.165) is 15.6 Å². The van der Waals surface area contributed by atoms with E-state index in [1.165, 1.54) is 0 Å². The van der Waals surface area contributed by atoms with Crippen LogP contribution < -0.4 is 4.74 Å². The minimum Gasteiger partial charge on any atom is -0.496 e. The molecule has 3 nitrogen and oxygen atoms in total. The van der Waals surface area contributed by atoms with Gasteiger partial charge in [0.2, 0.25) is 0 Å². The molecule has 0 saturated heterocycles. The van der Waals surface area contributed by atoms with Crippen molar-refractivity contribution in [2.45, 2.75) is 0 Å². The van der Waals surface area contributed by atoms with Crippen LogP contribution in [0.25, 0.3) is 11.6 Å². The van der Waals surface area contributed by atoms with E-state index >= 15 is 0 Å². The Hall–Kier alpha value is -1.56. The van der Waals surface area contributed by atoms with Crippen LogP contribution >= 0.6 is 43.5 Å². The van der Waals surface area contributed by atoms with Crippen molar-refractivity contribution in [2.24, 2.45) is 0 Å². The molecule has 2 aromatic carbocycles. The van der Waals surface area contributed by atoms with E-state index in [1.54, 1.807) is 19.3 Å². The molecule has 0 N–H and O–H groups in total. The van der Waals surface area contributed by atoms with Crippen LogP contribution in [0.1, 0.15) is 11.1 Å². The largest absolute Gasteiger partial charge is 0.496 e. The van der Waals surface area contributed by atoms with Crippen LogP contribution in [0.4, 0.5) is 0 Å². The molecule has 3 rings (SSSR count). The highest BCUT2D eigenvalue weighted by Crippen LogP contribution is 2.43. The summed E-state index contributed by atoms with van der Waals surface area (Å²) < 4.78 is 12.0. The van der Waals surface area contributed by atoms with Crippen LogP contribution in [-0.4, -0.2) is 13.1 Å². The predicted octanol–water partition coefficient (Wildman–Crippen LogP) is 5.82. The number of rotatable bonds is 3. The van der Waals surface area contributed by atoms with Crippen molar-refractivity contribution in [1.82, 2.24) is 0 Å². The van der Waals surface area contributed by atoms with Crippen molar-refractivity contribution in [3.63, 3.8) is 0 Å². The van der Waals surface area contributed by atoms with Crippen LogP contribution in [0.5, 0.6) is 5.75 Å². The summed E-state index contributed by atoms with van der Waals surface area (Å²) >= 11 is 13.0. The number of esters is 1. The molecule has 1 aliphatic heterocycles. The van der Waals surface area contributed by atoms with E-state index in [1.807, 2.05) is 36.4 Å². The standard InChI is InChI=1S/C18H11Br2ClO3/c1-23-14-7-6-11(19)9-12(14)16-15(24-18(22)17(16)20)8-10-4-2-3-5-13(10)21/h2-9H,1H3/b15-8-. The molecule has 122 valence electrons. The van der Waals surface area contributed by atoms with Crippen molar-refractivity contribution >= 4 is 61.1 Å². The maximum atomic E-state index is 12.1. The Morgan fingerprint density at radius 1 is 1.17 bits per heavy atom. The van der Waals surface area contributed by atoms with E-state index in [-0.39, 0.29) is 0 Å². The van der Waals surface area contributed by atoms with Crippen LogP contribution in [-0.2, 0) is 9.53 Å². The van der Waals surface area contributed by atoms with Crippen molar-refractivity contribution in [1.29, 1.82) is 0 Å². The smallest absolute Gasteiger partial charge is 0.351 e. The average Bonchev–Trinajstić information content (AvgIpc) is 2.84. The molecule has 1 heterocycles. The molecule has 0 fully saturated rings. The Bertz CT molecular complexity index is 888. The third kappa shape index (κ3) is 3.29. The van der Waals surface area contributed by atoms with Crippen LogP contribution in [0, 0.1) is 0 Å². The minimum absolute atomic E-state index is 0.345. The van der Waals surface area contributed by atoms with Crippen molar-refractivity contribution in [3.8, 4) is 5.75 Å². The van der Waals surface area contributed by atoms with Crippen LogP contribution in [0.15, 0.2) is 57.2 Å². The second kappa shape index (κ2) is 7.13. The fourth-order valence-electron chi connectivity index (χ4n) is 2.37. The molecule has 1 aliphatic rings. The highest BCUT2D eigenvalue weighted by Gasteiger charge is 2.31. The van der Waals surface area contributed by atoms with Gasteiger partial charge in [0.25, 0.3) is 0 Å². The monoisotopic (exact) mass is 468 g/mol. The number of benzene rings is 2. The molecule has 0 aromatic heterocycles. The van der Waals surface area contributed by atoms with Gasteiger partial charge in [0.05, 0.1) is 7.11 Å². The van der Waals surface area contributed by atoms with E-state index < -0.39 is 5.97 Å². The van der Waals surface area contributed by atoms with Gasteiger partial charge < -0.3 is 9.47 Å². The zero-order chi connectivity index (χ0) is 17.3. The Kier molecular flexibility index (Phi) is 5.13.